The predicted octanol–water partition coefficient (Wildman–Crippen LogP) is 4.55. The van der Waals surface area contributed by atoms with Crippen molar-refractivity contribution >= 4 is 43.2 Å². The van der Waals surface area contributed by atoms with Crippen molar-refractivity contribution in [2.75, 3.05) is 10.7 Å². The zero-order valence-electron chi connectivity index (χ0n) is 9.57. The van der Waals surface area contributed by atoms with E-state index in [2.05, 4.69) is 42.2 Å². The van der Waals surface area contributed by atoms with Gasteiger partial charge in [-0.3, -0.25) is 0 Å². The molecule has 0 aliphatic rings. The summed E-state index contributed by atoms with van der Waals surface area (Å²) in [6.07, 6.45) is 0.832. The van der Waals surface area contributed by atoms with E-state index in [-0.39, 0.29) is 11.2 Å². The molecule has 2 rings (SSSR count). The van der Waals surface area contributed by atoms with Crippen LogP contribution in [0.15, 0.2) is 35.2 Å². The molecule has 96 valence electrons. The van der Waals surface area contributed by atoms with Gasteiger partial charge in [-0.2, -0.15) is 0 Å². The van der Waals surface area contributed by atoms with Crippen molar-refractivity contribution in [2.45, 2.75) is 11.8 Å². The lowest BCUT2D eigenvalue weighted by molar-refractivity contribution is 0.541. The molecule has 1 aromatic heterocycles. The molecule has 0 saturated heterocycles. The van der Waals surface area contributed by atoms with Gasteiger partial charge < -0.3 is 0 Å². The van der Waals surface area contributed by atoms with Crippen molar-refractivity contribution in [1.29, 1.82) is 0 Å². The second-order valence-corrected chi connectivity index (χ2v) is 6.05. The lowest BCUT2D eigenvalue weighted by Gasteiger charge is -2.30. The molecule has 0 amide bonds. The highest BCUT2D eigenvalue weighted by Gasteiger charge is 2.31. The summed E-state index contributed by atoms with van der Waals surface area (Å²) < 4.78 is 13.0. The Morgan fingerprint density at radius 3 is 2.33 bits per heavy atom. The summed E-state index contributed by atoms with van der Waals surface area (Å²) in [7, 11) is 0. The molecule has 0 radical (unpaired) electrons. The van der Waals surface area contributed by atoms with Crippen LogP contribution in [0.5, 0.6) is 0 Å². The molecule has 0 bridgehead atoms. The molecule has 18 heavy (non-hydrogen) atoms. The smallest absolute Gasteiger partial charge is 0.123 e. The fourth-order valence-corrected chi connectivity index (χ4v) is 4.39. The van der Waals surface area contributed by atoms with E-state index in [1.54, 1.807) is 11.3 Å². The molecule has 1 nitrogen and oxygen atoms in total. The van der Waals surface area contributed by atoms with Crippen molar-refractivity contribution in [3.63, 3.8) is 0 Å². The van der Waals surface area contributed by atoms with Gasteiger partial charge in [0, 0.05) is 27.9 Å². The maximum Gasteiger partial charge on any atom is 0.123 e. The number of halogens is 3. The zero-order valence-corrected chi connectivity index (χ0v) is 13.6. The molecule has 2 aromatic rings. The molecule has 0 aliphatic heterocycles. The standard InChI is InChI=1S/C13H12Br2FNS/c14-7-13(8-15,5-12-6-18-9-17-12)10-1-3-11(16)4-2-10/h1-4,6,9H,5,7-8H2. The third-order valence-electron chi connectivity index (χ3n) is 2.97. The van der Waals surface area contributed by atoms with Crippen LogP contribution in [0, 0.1) is 5.82 Å². The van der Waals surface area contributed by atoms with E-state index >= 15 is 0 Å². The van der Waals surface area contributed by atoms with Crippen LogP contribution in [0.2, 0.25) is 0 Å². The van der Waals surface area contributed by atoms with Gasteiger partial charge in [-0.05, 0) is 17.7 Å². The maximum atomic E-state index is 13.0. The molecular formula is C13H12Br2FNS. The minimum absolute atomic E-state index is 0.0955. The van der Waals surface area contributed by atoms with E-state index in [0.29, 0.717) is 0 Å². The number of aromatic nitrogens is 1. The largest absolute Gasteiger partial charge is 0.250 e. The lowest BCUT2D eigenvalue weighted by Crippen LogP contribution is -2.33. The maximum absolute atomic E-state index is 13.0. The first-order valence-corrected chi connectivity index (χ1v) is 8.64. The Bertz CT molecular complexity index is 480. The molecule has 0 aliphatic carbocycles. The van der Waals surface area contributed by atoms with Gasteiger partial charge in [-0.15, -0.1) is 11.3 Å². The fraction of sp³-hybridized carbons (Fsp3) is 0.308. The van der Waals surface area contributed by atoms with Crippen LogP contribution in [0.3, 0.4) is 0 Å². The zero-order chi connectivity index (χ0) is 13.0. The van der Waals surface area contributed by atoms with E-state index in [9.17, 15) is 4.39 Å². The predicted molar refractivity (Wildman–Crippen MR) is 81.5 cm³/mol. The van der Waals surface area contributed by atoms with Gasteiger partial charge >= 0.3 is 0 Å². The van der Waals surface area contributed by atoms with Crippen LogP contribution < -0.4 is 0 Å². The number of alkyl halides is 2. The number of thiazole rings is 1. The Kier molecular flexibility index (Phi) is 4.92. The fourth-order valence-electron chi connectivity index (χ4n) is 1.86. The van der Waals surface area contributed by atoms with Gasteiger partial charge in [-0.1, -0.05) is 44.0 Å². The molecule has 0 unspecified atom stereocenters. The average molecular weight is 393 g/mol. The lowest BCUT2D eigenvalue weighted by atomic mass is 9.80. The average Bonchev–Trinajstić information content (AvgIpc) is 2.90. The third kappa shape index (κ3) is 3.00. The Hall–Kier alpha value is -0.260. The van der Waals surface area contributed by atoms with Gasteiger partial charge in [0.25, 0.3) is 0 Å². The molecule has 0 saturated carbocycles. The molecule has 0 N–H and O–H groups in total. The summed E-state index contributed by atoms with van der Waals surface area (Å²) in [6.45, 7) is 0. The first-order valence-electron chi connectivity index (χ1n) is 5.45. The van der Waals surface area contributed by atoms with E-state index in [1.165, 1.54) is 12.1 Å². The summed E-state index contributed by atoms with van der Waals surface area (Å²) in [4.78, 5) is 4.34. The Morgan fingerprint density at radius 2 is 1.83 bits per heavy atom. The van der Waals surface area contributed by atoms with Crippen LogP contribution in [-0.4, -0.2) is 15.6 Å². The van der Waals surface area contributed by atoms with Crippen molar-refractivity contribution in [3.8, 4) is 0 Å². The first kappa shape index (κ1) is 14.2. The van der Waals surface area contributed by atoms with Crippen molar-refractivity contribution in [1.82, 2.24) is 4.98 Å². The molecule has 0 atom stereocenters. The van der Waals surface area contributed by atoms with Crippen LogP contribution in [0.25, 0.3) is 0 Å². The Labute approximate surface area is 127 Å². The van der Waals surface area contributed by atoms with E-state index in [4.69, 9.17) is 0 Å². The summed E-state index contributed by atoms with van der Waals surface area (Å²) >= 11 is 8.77. The highest BCUT2D eigenvalue weighted by molar-refractivity contribution is 9.09. The van der Waals surface area contributed by atoms with Gasteiger partial charge in [0.1, 0.15) is 5.82 Å². The highest BCUT2D eigenvalue weighted by Crippen LogP contribution is 2.32. The number of benzene rings is 1. The summed E-state index contributed by atoms with van der Waals surface area (Å²) in [6, 6.07) is 6.72. The normalized spacial score (nSPS) is 11.7. The van der Waals surface area contributed by atoms with Gasteiger partial charge in [-0.25, -0.2) is 9.37 Å². The number of rotatable bonds is 5. The van der Waals surface area contributed by atoms with Crippen LogP contribution in [0.4, 0.5) is 4.39 Å². The van der Waals surface area contributed by atoms with Gasteiger partial charge in [0.15, 0.2) is 0 Å². The van der Waals surface area contributed by atoms with Gasteiger partial charge in [0.05, 0.1) is 11.2 Å². The number of hydrogen-bond acceptors (Lipinski definition) is 2. The molecule has 0 fully saturated rings. The molecule has 0 spiro atoms. The second-order valence-electron chi connectivity index (χ2n) is 4.21. The van der Waals surface area contributed by atoms with Crippen LogP contribution in [-0.2, 0) is 11.8 Å². The Balaban J connectivity index is 2.33. The third-order valence-corrected chi connectivity index (χ3v) is 5.75. The number of nitrogens with zero attached hydrogens (tertiary/aromatic N) is 1. The number of hydrogen-bond donors (Lipinski definition) is 0. The summed E-state index contributed by atoms with van der Waals surface area (Å²) in [5.74, 6) is -0.203. The summed E-state index contributed by atoms with van der Waals surface area (Å²) in [5, 5.41) is 3.66. The second kappa shape index (κ2) is 6.26. The molecule has 5 heteroatoms. The quantitative estimate of drug-likeness (QED) is 0.680. The molecule has 1 heterocycles. The van der Waals surface area contributed by atoms with E-state index in [1.807, 2.05) is 17.6 Å². The monoisotopic (exact) mass is 391 g/mol. The first-order chi connectivity index (χ1) is 8.70. The highest BCUT2D eigenvalue weighted by atomic mass is 79.9. The van der Waals surface area contributed by atoms with E-state index < -0.39 is 0 Å². The molecular weight excluding hydrogens is 381 g/mol. The van der Waals surface area contributed by atoms with Gasteiger partial charge in [0.2, 0.25) is 0 Å². The summed E-state index contributed by atoms with van der Waals surface area (Å²) in [5.41, 5.74) is 3.93. The minimum Gasteiger partial charge on any atom is -0.250 e. The van der Waals surface area contributed by atoms with Crippen molar-refractivity contribution in [3.05, 3.63) is 52.2 Å². The van der Waals surface area contributed by atoms with Crippen LogP contribution >= 0.6 is 43.2 Å². The van der Waals surface area contributed by atoms with Crippen LogP contribution in [0.1, 0.15) is 11.3 Å². The van der Waals surface area contributed by atoms with Crippen molar-refractivity contribution in [2.24, 2.45) is 0 Å². The SMILES string of the molecule is Fc1ccc(C(CBr)(CBr)Cc2cscn2)cc1. The topological polar surface area (TPSA) is 12.9 Å². The minimum atomic E-state index is -0.203. The van der Waals surface area contributed by atoms with E-state index in [0.717, 1.165) is 28.3 Å². The van der Waals surface area contributed by atoms with Crippen molar-refractivity contribution < 1.29 is 4.39 Å². The Morgan fingerprint density at radius 1 is 1.17 bits per heavy atom. The molecule has 1 aromatic carbocycles.